The van der Waals surface area contributed by atoms with E-state index in [1.54, 1.807) is 61.2 Å². The first kappa shape index (κ1) is 68.5. The Bertz CT molecular complexity index is 4990. The van der Waals surface area contributed by atoms with Crippen molar-refractivity contribution in [2.45, 2.75) is 118 Å². The number of nitriles is 2. The molecule has 23 heteroatoms. The fourth-order valence-electron chi connectivity index (χ4n) is 16.1. The zero-order valence-electron chi connectivity index (χ0n) is 56.9. The molecule has 102 heavy (non-hydrogen) atoms. The highest BCUT2D eigenvalue weighted by Gasteiger charge is 2.55. The van der Waals surface area contributed by atoms with Crippen LogP contribution in [-0.4, -0.2) is 123 Å². The Morgan fingerprint density at radius 2 is 1.09 bits per heavy atom. The van der Waals surface area contributed by atoms with Gasteiger partial charge in [-0.05, 0) is 166 Å². The maximum absolute atomic E-state index is 13.5. The highest BCUT2D eigenvalue weighted by molar-refractivity contribution is 7.90. The molecule has 0 radical (unpaired) electrons. The molecule has 4 atom stereocenters. The standard InChI is InChI=1S/C27H27N3O4.C26H23F3N2O3.C26H25N3O4S.2H2/c1-18-15-19(7-9-21(18)26(2,33)17-31)25(32)29-13-11-27(12-14-29)24-10-8-20(16-28)30(24)22-5-3-4-6-23(22)34-27;1-33-21-11-8-16(13-19(21)26(27,28)29)24(32)31-17-9-10-18(31)15-25(14-17)23-7-4-12-30(23)20-5-2-3-6-22(20)34-25;1-18(34(2,31)32)19-7-9-20(10-8-19)25(30)28-15-13-26(14-16-28)24-12-11-21(17-27)29(24)22-5-3-4-6-23(22)33-26;;/h3-10,15,31,33H,11-14,17H2,1-2H3;2-8,11-13,17-18H,9-10,14-15H2,1H3;3-12,18H,13-16H2,1-2H3;2*1H/t26-;;;;/m0..../s1. The summed E-state index contributed by atoms with van der Waals surface area (Å²) >= 11 is 0. The second kappa shape index (κ2) is 26.1. The van der Waals surface area contributed by atoms with Crippen LogP contribution in [0.25, 0.3) is 17.1 Å². The summed E-state index contributed by atoms with van der Waals surface area (Å²) in [4.78, 5) is 45.3. The molecule has 2 bridgehead atoms. The molecule has 19 nitrogen and oxygen atoms in total. The highest BCUT2D eigenvalue weighted by atomic mass is 32.2. The number of carbonyl (C=O) groups excluding carboxylic acids is 3. The van der Waals surface area contributed by atoms with Crippen molar-refractivity contribution in [3.63, 3.8) is 0 Å². The van der Waals surface area contributed by atoms with Crippen molar-refractivity contribution in [1.82, 2.24) is 28.4 Å². The molecular formula is C79H79F3N8O11S. The predicted molar refractivity (Wildman–Crippen MR) is 376 cm³/mol. The van der Waals surface area contributed by atoms with E-state index < -0.39 is 55.8 Å². The lowest BCUT2D eigenvalue weighted by atomic mass is 9.81. The lowest BCUT2D eigenvalue weighted by Gasteiger charge is -2.48. The number of fused-ring (bicyclic) bond motifs is 14. The Morgan fingerprint density at radius 3 is 1.58 bits per heavy atom. The first-order valence-electron chi connectivity index (χ1n) is 34.0. The Morgan fingerprint density at radius 1 is 0.618 bits per heavy atom. The number of rotatable bonds is 8. The van der Waals surface area contributed by atoms with Crippen molar-refractivity contribution in [3.8, 4) is 52.2 Å². The average Bonchev–Trinajstić information content (AvgIpc) is 1.50. The van der Waals surface area contributed by atoms with Gasteiger partial charge in [-0.2, -0.15) is 23.7 Å². The summed E-state index contributed by atoms with van der Waals surface area (Å²) in [6.07, 6.45) is 3.83. The Balaban J connectivity index is 0.000000145. The normalized spacial score (nSPS) is 20.0. The molecule has 7 aliphatic rings. The van der Waals surface area contributed by atoms with Gasteiger partial charge in [-0.15, -0.1) is 0 Å². The fraction of sp³-hybridized carbons (Fsp3) is 0.329. The first-order valence-corrected chi connectivity index (χ1v) is 36.0. The van der Waals surface area contributed by atoms with Gasteiger partial charge >= 0.3 is 6.18 Å². The zero-order valence-corrected chi connectivity index (χ0v) is 57.7. The zero-order chi connectivity index (χ0) is 71.8. The van der Waals surface area contributed by atoms with E-state index in [9.17, 15) is 56.7 Å². The summed E-state index contributed by atoms with van der Waals surface area (Å²) in [6, 6.07) is 54.8. The highest BCUT2D eigenvalue weighted by Crippen LogP contribution is 2.53. The fourth-order valence-corrected chi connectivity index (χ4v) is 16.8. The van der Waals surface area contributed by atoms with Crippen molar-refractivity contribution >= 4 is 27.6 Å². The number of aromatic nitrogens is 3. The van der Waals surface area contributed by atoms with Crippen LogP contribution in [-0.2, 0) is 38.4 Å². The molecule has 3 unspecified atom stereocenters. The molecule has 4 fully saturated rings. The number of aliphatic hydroxyl groups is 2. The topological polar surface area (TPSA) is 235 Å². The minimum absolute atomic E-state index is 0. The van der Waals surface area contributed by atoms with E-state index in [0.717, 1.165) is 75.9 Å². The van der Waals surface area contributed by atoms with E-state index in [1.807, 2.05) is 135 Å². The minimum atomic E-state index is -4.61. The number of methoxy groups -OCH3 is 1. The second-order valence-electron chi connectivity index (χ2n) is 27.6. The molecule has 3 spiro atoms. The number of benzene rings is 6. The number of alkyl halides is 3. The molecular weight excluding hydrogens is 1330 g/mol. The molecule has 7 aliphatic heterocycles. The number of ether oxygens (including phenoxy) is 4. The number of sulfone groups is 1. The summed E-state index contributed by atoms with van der Waals surface area (Å²) in [7, 11) is -2.01. The van der Waals surface area contributed by atoms with Crippen LogP contribution in [0.4, 0.5) is 13.2 Å². The van der Waals surface area contributed by atoms with Gasteiger partial charge in [0.2, 0.25) is 0 Å². The number of piperidine rings is 3. The van der Waals surface area contributed by atoms with Gasteiger partial charge in [-0.1, -0.05) is 54.6 Å². The lowest BCUT2D eigenvalue weighted by Crippen LogP contribution is -2.55. The summed E-state index contributed by atoms with van der Waals surface area (Å²) in [6.45, 7) is 6.68. The second-order valence-corrected chi connectivity index (χ2v) is 30.0. The summed E-state index contributed by atoms with van der Waals surface area (Å²) < 4.78 is 94.9. The molecule has 3 aromatic heterocycles. The quantitative estimate of drug-likeness (QED) is 0.144. The lowest BCUT2D eigenvalue weighted by molar-refractivity contribution is -0.138. The van der Waals surface area contributed by atoms with Crippen LogP contribution >= 0.6 is 0 Å². The monoisotopic (exact) mass is 1400 g/mol. The SMILES string of the molecule is CC(c1ccc(C(=O)N2CCC3(CC2)Oc2ccccc2-n2c(C#N)ccc23)cc1)S(C)(=O)=O.COc1ccc(C(=O)N2C3CCC2CC2(C3)Oc3ccccc3-n3cccc32)cc1C(F)(F)F.Cc1cc(C(=O)N2CCC3(CC2)Oc2ccccc2-n2c(C#N)ccc23)ccc1[C@@](C)(O)CO.[HH].[HH]. The third kappa shape index (κ3) is 12.0. The van der Waals surface area contributed by atoms with Gasteiger partial charge in [0.25, 0.3) is 17.7 Å². The van der Waals surface area contributed by atoms with Crippen molar-refractivity contribution in [1.29, 1.82) is 10.5 Å². The Kier molecular flexibility index (Phi) is 17.5. The molecule has 3 amide bonds. The third-order valence-corrected chi connectivity index (χ3v) is 23.0. The first-order chi connectivity index (χ1) is 48.8. The van der Waals surface area contributed by atoms with Crippen molar-refractivity contribution in [3.05, 3.63) is 243 Å². The van der Waals surface area contributed by atoms with Crippen molar-refractivity contribution in [2.24, 2.45) is 0 Å². The third-order valence-electron chi connectivity index (χ3n) is 21.5. The average molecular weight is 1410 g/mol. The van der Waals surface area contributed by atoms with Crippen LogP contribution in [0.15, 0.2) is 176 Å². The molecule has 0 saturated carbocycles. The molecule has 16 rings (SSSR count). The van der Waals surface area contributed by atoms with E-state index >= 15 is 0 Å². The summed E-state index contributed by atoms with van der Waals surface area (Å²) in [5.41, 5.74) is 5.84. The number of nitrogens with zero attached hydrogens (tertiary/aromatic N) is 8. The van der Waals surface area contributed by atoms with Gasteiger partial charge in [0.15, 0.2) is 26.6 Å². The molecule has 2 N–H and O–H groups in total. The predicted octanol–water partition coefficient (Wildman–Crippen LogP) is 13.4. The molecule has 6 aromatic carbocycles. The minimum Gasteiger partial charge on any atom is -0.496 e. The maximum atomic E-state index is 13.5. The van der Waals surface area contributed by atoms with Crippen molar-refractivity contribution < 1.29 is 68.0 Å². The smallest absolute Gasteiger partial charge is 0.419 e. The van der Waals surface area contributed by atoms with Crippen molar-refractivity contribution in [2.75, 3.05) is 46.2 Å². The largest absolute Gasteiger partial charge is 0.496 e. The van der Waals surface area contributed by atoms with E-state index in [0.29, 0.717) is 98.3 Å². The summed E-state index contributed by atoms with van der Waals surface area (Å²) in [5, 5.41) is 38.5. The number of amides is 3. The molecule has 0 aliphatic carbocycles. The Hall–Kier alpha value is -10.6. The number of aryl methyl sites for hydroxylation is 1. The van der Waals surface area contributed by atoms with Gasteiger partial charge in [0.1, 0.15) is 52.1 Å². The number of carbonyl (C=O) groups is 3. The maximum Gasteiger partial charge on any atom is 0.419 e. The number of likely N-dealkylation sites (tertiary alicyclic amines) is 2. The number of hydrogen-bond donors (Lipinski definition) is 2. The van der Waals surface area contributed by atoms with Crippen LogP contribution in [0.1, 0.15) is 155 Å². The van der Waals surface area contributed by atoms with Gasteiger partial charge in [0.05, 0.1) is 58.7 Å². The van der Waals surface area contributed by atoms with Gasteiger partial charge < -0.3 is 48.4 Å². The van der Waals surface area contributed by atoms with Crippen LogP contribution in [0.2, 0.25) is 0 Å². The van der Waals surface area contributed by atoms with Crippen LogP contribution in [0, 0.1) is 29.6 Å². The van der Waals surface area contributed by atoms with Crippen LogP contribution < -0.4 is 18.9 Å². The van der Waals surface area contributed by atoms with Gasteiger partial charge in [-0.25, -0.2) is 8.42 Å². The summed E-state index contributed by atoms with van der Waals surface area (Å²) in [5.74, 6) is 1.45. The number of para-hydroxylation sites is 6. The number of hydrogen-bond acceptors (Lipinski definition) is 13. The van der Waals surface area contributed by atoms with E-state index in [-0.39, 0.29) is 44.0 Å². The van der Waals surface area contributed by atoms with Crippen LogP contribution in [0.5, 0.6) is 23.0 Å². The number of halogens is 3. The van der Waals surface area contributed by atoms with Gasteiger partial charge in [-0.3, -0.25) is 23.5 Å². The van der Waals surface area contributed by atoms with Crippen LogP contribution in [0.3, 0.4) is 0 Å². The molecule has 4 saturated heterocycles. The molecule has 528 valence electrons. The van der Waals surface area contributed by atoms with E-state index in [2.05, 4.69) is 22.8 Å². The number of aliphatic hydroxyl groups excluding tert-OH is 1. The van der Waals surface area contributed by atoms with Gasteiger partial charge in [0, 0.05) is 109 Å². The Labute approximate surface area is 591 Å². The molecule has 9 aromatic rings. The van der Waals surface area contributed by atoms with E-state index in [4.69, 9.17) is 18.9 Å². The molecule has 10 heterocycles. The van der Waals surface area contributed by atoms with E-state index in [1.165, 1.54) is 25.5 Å².